The van der Waals surface area contributed by atoms with Crippen molar-refractivity contribution in [3.8, 4) is 0 Å². The maximum atomic E-state index is 6.24. The molecule has 2 aromatic carbocycles. The highest BCUT2D eigenvalue weighted by Gasteiger charge is 2.13. The van der Waals surface area contributed by atoms with Crippen LogP contribution < -0.4 is 16.2 Å². The molecule has 0 heterocycles. The molecule has 0 spiro atoms. The third kappa shape index (κ3) is 4.11. The summed E-state index contributed by atoms with van der Waals surface area (Å²) < 4.78 is 0. The minimum Gasteiger partial charge on any atom is -0.378 e. The molecule has 0 saturated heterocycles. The summed E-state index contributed by atoms with van der Waals surface area (Å²) in [4.78, 5) is 2.06. The first-order valence-corrected chi connectivity index (χ1v) is 7.44. The summed E-state index contributed by atoms with van der Waals surface area (Å²) in [5.41, 5.74) is 6.13. The fraction of sp³-hybridized carbons (Fsp3) is 0.250. The number of halogens is 2. The van der Waals surface area contributed by atoms with Gasteiger partial charge in [0, 0.05) is 29.8 Å². The highest BCUT2D eigenvalue weighted by Crippen LogP contribution is 2.27. The number of hydrogen-bond donors (Lipinski definition) is 2. The van der Waals surface area contributed by atoms with Gasteiger partial charge in [0.1, 0.15) is 0 Å². The number of rotatable bonds is 5. The van der Waals surface area contributed by atoms with Crippen LogP contribution in [0.15, 0.2) is 42.5 Å². The second-order valence-corrected chi connectivity index (χ2v) is 5.99. The molecule has 0 aliphatic heterocycles. The minimum atomic E-state index is -0.0106. The van der Waals surface area contributed by atoms with Crippen molar-refractivity contribution in [3.05, 3.63) is 63.6 Å². The van der Waals surface area contributed by atoms with Crippen LogP contribution in [0, 0.1) is 0 Å². The van der Waals surface area contributed by atoms with Crippen LogP contribution in [0.5, 0.6) is 0 Å². The summed E-state index contributed by atoms with van der Waals surface area (Å²) in [7, 11) is 4.03. The third-order valence-corrected chi connectivity index (χ3v) is 4.02. The predicted octanol–water partition coefficient (Wildman–Crippen LogP) is 3.81. The van der Waals surface area contributed by atoms with Crippen LogP contribution in [-0.2, 0) is 6.42 Å². The number of nitrogens with zero attached hydrogens (tertiary/aromatic N) is 1. The van der Waals surface area contributed by atoms with E-state index >= 15 is 0 Å². The molecule has 1 unspecified atom stereocenters. The molecule has 0 aromatic heterocycles. The van der Waals surface area contributed by atoms with E-state index in [0.29, 0.717) is 16.5 Å². The van der Waals surface area contributed by atoms with E-state index in [1.807, 2.05) is 32.3 Å². The van der Waals surface area contributed by atoms with E-state index in [1.165, 1.54) is 0 Å². The molecule has 2 aromatic rings. The second kappa shape index (κ2) is 7.14. The molecule has 0 radical (unpaired) electrons. The molecule has 112 valence electrons. The molecule has 0 aliphatic rings. The topological polar surface area (TPSA) is 41.3 Å². The molecule has 3 nitrogen and oxygen atoms in total. The normalized spacial score (nSPS) is 12.2. The van der Waals surface area contributed by atoms with Gasteiger partial charge in [0.15, 0.2) is 0 Å². The fourth-order valence-electron chi connectivity index (χ4n) is 2.20. The second-order valence-electron chi connectivity index (χ2n) is 5.15. The van der Waals surface area contributed by atoms with Gasteiger partial charge in [-0.15, -0.1) is 0 Å². The molecule has 5 heteroatoms. The Hall–Kier alpha value is -1.26. The number of anilines is 1. The van der Waals surface area contributed by atoms with Gasteiger partial charge in [-0.25, -0.2) is 0 Å². The minimum absolute atomic E-state index is 0.0106. The van der Waals surface area contributed by atoms with E-state index in [9.17, 15) is 0 Å². The van der Waals surface area contributed by atoms with E-state index in [0.717, 1.165) is 16.8 Å². The summed E-state index contributed by atoms with van der Waals surface area (Å²) in [6.07, 6.45) is 0.698. The molecule has 0 bridgehead atoms. The number of hydrazine groups is 1. The summed E-state index contributed by atoms with van der Waals surface area (Å²) in [6.45, 7) is 0. The van der Waals surface area contributed by atoms with E-state index in [4.69, 9.17) is 29.0 Å². The molecule has 2 rings (SSSR count). The largest absolute Gasteiger partial charge is 0.378 e. The molecule has 0 aliphatic carbocycles. The molecule has 0 amide bonds. The zero-order valence-electron chi connectivity index (χ0n) is 12.1. The Bertz CT molecular complexity index is 614. The lowest BCUT2D eigenvalue weighted by Gasteiger charge is -2.20. The lowest BCUT2D eigenvalue weighted by atomic mass is 9.99. The number of nitrogens with one attached hydrogen (secondary N) is 1. The van der Waals surface area contributed by atoms with Crippen LogP contribution in [0.25, 0.3) is 0 Å². The molecular weight excluding hydrogens is 305 g/mol. The zero-order chi connectivity index (χ0) is 15.4. The summed E-state index contributed by atoms with van der Waals surface area (Å²) in [6, 6.07) is 13.8. The van der Waals surface area contributed by atoms with E-state index < -0.39 is 0 Å². The maximum absolute atomic E-state index is 6.24. The average molecular weight is 324 g/mol. The monoisotopic (exact) mass is 323 g/mol. The van der Waals surface area contributed by atoms with Crippen LogP contribution in [0.1, 0.15) is 17.2 Å². The first-order chi connectivity index (χ1) is 10.0. The van der Waals surface area contributed by atoms with Crippen LogP contribution in [-0.4, -0.2) is 14.1 Å². The van der Waals surface area contributed by atoms with Crippen molar-refractivity contribution in [1.82, 2.24) is 5.43 Å². The maximum Gasteiger partial charge on any atom is 0.0501 e. The SMILES string of the molecule is CN(C)c1cccc(C(Cc2ccc(Cl)cc2Cl)NN)c1. The lowest BCUT2D eigenvalue weighted by molar-refractivity contribution is 0.552. The Morgan fingerprint density at radius 2 is 1.90 bits per heavy atom. The van der Waals surface area contributed by atoms with Gasteiger partial charge in [0.25, 0.3) is 0 Å². The van der Waals surface area contributed by atoms with Gasteiger partial charge in [0.2, 0.25) is 0 Å². The van der Waals surface area contributed by atoms with Crippen LogP contribution in [0.3, 0.4) is 0 Å². The van der Waals surface area contributed by atoms with Crippen molar-refractivity contribution in [2.45, 2.75) is 12.5 Å². The number of benzene rings is 2. The quantitative estimate of drug-likeness (QED) is 0.649. The molecule has 0 fully saturated rings. The van der Waals surface area contributed by atoms with Gasteiger partial charge in [-0.1, -0.05) is 41.4 Å². The number of nitrogens with two attached hydrogens (primary N) is 1. The van der Waals surface area contributed by atoms with Crippen molar-refractivity contribution >= 4 is 28.9 Å². The van der Waals surface area contributed by atoms with E-state index in [1.54, 1.807) is 6.07 Å². The van der Waals surface area contributed by atoms with Crippen LogP contribution in [0.4, 0.5) is 5.69 Å². The lowest BCUT2D eigenvalue weighted by Crippen LogP contribution is -2.29. The molecule has 0 saturated carbocycles. The van der Waals surface area contributed by atoms with Gasteiger partial charge in [-0.2, -0.15) is 0 Å². The van der Waals surface area contributed by atoms with Crippen LogP contribution >= 0.6 is 23.2 Å². The Balaban J connectivity index is 2.25. The van der Waals surface area contributed by atoms with Crippen molar-refractivity contribution in [2.24, 2.45) is 5.84 Å². The highest BCUT2D eigenvalue weighted by atomic mass is 35.5. The average Bonchev–Trinajstić information content (AvgIpc) is 2.46. The van der Waals surface area contributed by atoms with E-state index in [-0.39, 0.29) is 6.04 Å². The third-order valence-electron chi connectivity index (χ3n) is 3.43. The molecule has 3 N–H and O–H groups in total. The molecular formula is C16H19Cl2N3. The fourth-order valence-corrected chi connectivity index (χ4v) is 2.69. The molecule has 21 heavy (non-hydrogen) atoms. The summed E-state index contributed by atoms with van der Waals surface area (Å²) in [5.74, 6) is 5.73. The van der Waals surface area contributed by atoms with Crippen molar-refractivity contribution in [1.29, 1.82) is 0 Å². The Morgan fingerprint density at radius 1 is 1.14 bits per heavy atom. The Morgan fingerprint density at radius 3 is 2.52 bits per heavy atom. The van der Waals surface area contributed by atoms with Crippen molar-refractivity contribution < 1.29 is 0 Å². The van der Waals surface area contributed by atoms with Crippen LogP contribution in [0.2, 0.25) is 10.0 Å². The van der Waals surface area contributed by atoms with Gasteiger partial charge in [0.05, 0.1) is 6.04 Å². The first-order valence-electron chi connectivity index (χ1n) is 6.68. The Labute approximate surface area is 135 Å². The standard InChI is InChI=1S/C16H19Cl2N3/c1-21(2)14-5-3-4-12(8-14)16(20-19)9-11-6-7-13(17)10-15(11)18/h3-8,10,16,20H,9,19H2,1-2H3. The predicted molar refractivity (Wildman–Crippen MR) is 91.0 cm³/mol. The highest BCUT2D eigenvalue weighted by molar-refractivity contribution is 6.35. The molecule has 1 atom stereocenters. The number of hydrogen-bond acceptors (Lipinski definition) is 3. The summed E-state index contributed by atoms with van der Waals surface area (Å²) in [5, 5.41) is 1.29. The zero-order valence-corrected chi connectivity index (χ0v) is 13.6. The van der Waals surface area contributed by atoms with Gasteiger partial charge >= 0.3 is 0 Å². The smallest absolute Gasteiger partial charge is 0.0501 e. The first kappa shape index (κ1) is 16.1. The van der Waals surface area contributed by atoms with Crippen molar-refractivity contribution in [3.63, 3.8) is 0 Å². The van der Waals surface area contributed by atoms with Gasteiger partial charge < -0.3 is 4.90 Å². The summed E-state index contributed by atoms with van der Waals surface area (Å²) >= 11 is 12.2. The van der Waals surface area contributed by atoms with Crippen molar-refractivity contribution in [2.75, 3.05) is 19.0 Å². The van der Waals surface area contributed by atoms with E-state index in [2.05, 4.69) is 28.5 Å². The Kier molecular flexibility index (Phi) is 5.48. The van der Waals surface area contributed by atoms with Gasteiger partial charge in [-0.05, 0) is 41.8 Å². The van der Waals surface area contributed by atoms with Gasteiger partial charge in [-0.3, -0.25) is 11.3 Å².